The predicted octanol–water partition coefficient (Wildman–Crippen LogP) is 2.90. The molecule has 6 nitrogen and oxygen atoms in total. The molecule has 0 N–H and O–H groups in total. The summed E-state index contributed by atoms with van der Waals surface area (Å²) < 4.78 is 10.4. The summed E-state index contributed by atoms with van der Waals surface area (Å²) in [5.41, 5.74) is 4.25. The molecule has 1 aliphatic rings. The Hall–Kier alpha value is -1.92. The summed E-state index contributed by atoms with van der Waals surface area (Å²) in [4.78, 5) is 29.9. The van der Waals surface area contributed by atoms with Crippen molar-refractivity contribution >= 4 is 11.9 Å². The highest BCUT2D eigenvalue weighted by Crippen LogP contribution is 2.24. The minimum Gasteiger partial charge on any atom is -0.466 e. The van der Waals surface area contributed by atoms with E-state index in [1.807, 2.05) is 25.8 Å². The van der Waals surface area contributed by atoms with Crippen molar-refractivity contribution in [3.63, 3.8) is 0 Å². The largest absolute Gasteiger partial charge is 0.466 e. The molecule has 0 bridgehead atoms. The number of ether oxygens (including phenoxy) is 2. The minimum atomic E-state index is -0.854. The van der Waals surface area contributed by atoms with Gasteiger partial charge in [0.05, 0.1) is 20.6 Å². The van der Waals surface area contributed by atoms with Crippen LogP contribution in [0.15, 0.2) is 12.1 Å². The molecule has 0 spiro atoms. The van der Waals surface area contributed by atoms with Gasteiger partial charge in [-0.1, -0.05) is 17.7 Å². The maximum atomic E-state index is 12.5. The highest BCUT2D eigenvalue weighted by atomic mass is 16.7. The molecule has 1 aliphatic heterocycles. The third kappa shape index (κ3) is 6.04. The van der Waals surface area contributed by atoms with Crippen LogP contribution in [0.3, 0.4) is 0 Å². The molecule has 1 saturated heterocycles. The summed E-state index contributed by atoms with van der Waals surface area (Å²) in [5.74, 6) is -0.583. The molecular weight excluding hydrogens is 346 g/mol. The van der Waals surface area contributed by atoms with Crippen LogP contribution in [0.5, 0.6) is 0 Å². The second kappa shape index (κ2) is 9.85. The number of hydroxylamine groups is 2. The standard InChI is InChI=1S/C21H31NO5/c1-14-10-15(2)18(16(3)11-14)13-20(23)27-19(21(24)25-4)12-17-6-8-22(26-5)9-7-17/h10-11,17,19H,6-9,12-13H2,1-5H3. The van der Waals surface area contributed by atoms with Crippen LogP contribution >= 0.6 is 0 Å². The number of aryl methyl sites for hydroxylation is 3. The van der Waals surface area contributed by atoms with E-state index in [0.29, 0.717) is 12.3 Å². The van der Waals surface area contributed by atoms with E-state index >= 15 is 0 Å². The van der Waals surface area contributed by atoms with Gasteiger partial charge in [0.1, 0.15) is 0 Å². The molecule has 1 aromatic rings. The van der Waals surface area contributed by atoms with Crippen LogP contribution in [-0.4, -0.2) is 50.4 Å². The van der Waals surface area contributed by atoms with Gasteiger partial charge >= 0.3 is 11.9 Å². The molecule has 2 rings (SSSR count). The number of esters is 2. The van der Waals surface area contributed by atoms with Crippen molar-refractivity contribution in [3.8, 4) is 0 Å². The molecule has 0 amide bonds. The Labute approximate surface area is 161 Å². The minimum absolute atomic E-state index is 0.160. The smallest absolute Gasteiger partial charge is 0.347 e. The lowest BCUT2D eigenvalue weighted by Gasteiger charge is -2.31. The van der Waals surface area contributed by atoms with Gasteiger partial charge in [-0.15, -0.1) is 0 Å². The quantitative estimate of drug-likeness (QED) is 0.681. The molecule has 0 aliphatic carbocycles. The van der Waals surface area contributed by atoms with Gasteiger partial charge in [-0.05, 0) is 62.6 Å². The van der Waals surface area contributed by atoms with Gasteiger partial charge in [-0.3, -0.25) is 4.79 Å². The number of hydrogen-bond acceptors (Lipinski definition) is 6. The molecule has 1 heterocycles. The molecule has 1 atom stereocenters. The van der Waals surface area contributed by atoms with Crippen LogP contribution in [0.2, 0.25) is 0 Å². The molecule has 0 aromatic heterocycles. The number of carbonyl (C=O) groups excluding carboxylic acids is 2. The predicted molar refractivity (Wildman–Crippen MR) is 102 cm³/mol. The van der Waals surface area contributed by atoms with E-state index in [2.05, 4.69) is 12.1 Å². The average Bonchev–Trinajstić information content (AvgIpc) is 2.64. The molecule has 1 aromatic carbocycles. The second-order valence-electron chi connectivity index (χ2n) is 7.35. The number of hydrogen-bond donors (Lipinski definition) is 0. The third-order valence-corrected chi connectivity index (χ3v) is 5.28. The Kier molecular flexibility index (Phi) is 7.80. The van der Waals surface area contributed by atoms with Gasteiger partial charge in [-0.25, -0.2) is 4.79 Å². The molecular formula is C21H31NO5. The number of benzene rings is 1. The van der Waals surface area contributed by atoms with Crippen molar-refractivity contribution in [2.45, 2.75) is 52.6 Å². The second-order valence-corrected chi connectivity index (χ2v) is 7.35. The van der Waals surface area contributed by atoms with Crippen LogP contribution in [-0.2, 0) is 30.3 Å². The SMILES string of the molecule is COC(=O)C(CC1CCN(OC)CC1)OC(=O)Cc1c(C)cc(C)cc1C. The summed E-state index contributed by atoms with van der Waals surface area (Å²) in [6, 6.07) is 4.11. The first-order valence-electron chi connectivity index (χ1n) is 9.47. The van der Waals surface area contributed by atoms with Crippen molar-refractivity contribution in [2.75, 3.05) is 27.3 Å². The van der Waals surface area contributed by atoms with Crippen LogP contribution in [0.25, 0.3) is 0 Å². The first-order chi connectivity index (χ1) is 12.8. The van der Waals surface area contributed by atoms with Gasteiger partial charge < -0.3 is 14.3 Å². The van der Waals surface area contributed by atoms with E-state index in [0.717, 1.165) is 48.2 Å². The molecule has 0 saturated carbocycles. The van der Waals surface area contributed by atoms with Gasteiger partial charge in [-0.2, -0.15) is 5.06 Å². The number of rotatable bonds is 7. The van der Waals surface area contributed by atoms with Crippen molar-refractivity contribution in [3.05, 3.63) is 34.4 Å². The maximum Gasteiger partial charge on any atom is 0.347 e. The number of nitrogens with zero attached hydrogens (tertiary/aromatic N) is 1. The topological polar surface area (TPSA) is 65.1 Å². The fraction of sp³-hybridized carbons (Fsp3) is 0.619. The molecule has 150 valence electrons. The first-order valence-corrected chi connectivity index (χ1v) is 9.47. The lowest BCUT2D eigenvalue weighted by atomic mass is 9.91. The van der Waals surface area contributed by atoms with Crippen LogP contribution in [0.4, 0.5) is 0 Å². The summed E-state index contributed by atoms with van der Waals surface area (Å²) >= 11 is 0. The van der Waals surface area contributed by atoms with E-state index in [9.17, 15) is 9.59 Å². The monoisotopic (exact) mass is 377 g/mol. The Morgan fingerprint density at radius 3 is 2.22 bits per heavy atom. The molecule has 27 heavy (non-hydrogen) atoms. The van der Waals surface area contributed by atoms with Gasteiger partial charge in [0.2, 0.25) is 0 Å². The van der Waals surface area contributed by atoms with Crippen LogP contribution in [0.1, 0.15) is 41.5 Å². The summed E-state index contributed by atoms with van der Waals surface area (Å²) in [6.45, 7) is 7.63. The lowest BCUT2D eigenvalue weighted by molar-refractivity contribution is -0.169. The highest BCUT2D eigenvalue weighted by molar-refractivity contribution is 5.80. The third-order valence-electron chi connectivity index (χ3n) is 5.28. The van der Waals surface area contributed by atoms with Crippen molar-refractivity contribution < 1.29 is 23.9 Å². The van der Waals surface area contributed by atoms with Crippen molar-refractivity contribution in [1.29, 1.82) is 0 Å². The lowest BCUT2D eigenvalue weighted by Crippen LogP contribution is -2.37. The normalized spacial score (nSPS) is 16.8. The van der Waals surface area contributed by atoms with Gasteiger partial charge in [0.25, 0.3) is 0 Å². The molecule has 0 radical (unpaired) electrons. The first kappa shape index (κ1) is 21.4. The summed E-state index contributed by atoms with van der Waals surface area (Å²) in [6.07, 6.45) is 1.59. The Balaban J connectivity index is 1.99. The average molecular weight is 377 g/mol. The molecule has 1 fully saturated rings. The Morgan fingerprint density at radius 1 is 1.11 bits per heavy atom. The fourth-order valence-corrected chi connectivity index (χ4v) is 3.79. The zero-order valence-corrected chi connectivity index (χ0v) is 17.0. The molecule has 6 heteroatoms. The number of piperidine rings is 1. The zero-order valence-electron chi connectivity index (χ0n) is 17.0. The maximum absolute atomic E-state index is 12.5. The van der Waals surface area contributed by atoms with Crippen LogP contribution in [0, 0.1) is 26.7 Å². The van der Waals surface area contributed by atoms with E-state index in [1.165, 1.54) is 7.11 Å². The Bertz CT molecular complexity index is 642. The van der Waals surface area contributed by atoms with E-state index in [-0.39, 0.29) is 6.42 Å². The van der Waals surface area contributed by atoms with Crippen LogP contribution < -0.4 is 0 Å². The summed E-state index contributed by atoms with van der Waals surface area (Å²) in [7, 11) is 2.99. The zero-order chi connectivity index (χ0) is 20.0. The fourth-order valence-electron chi connectivity index (χ4n) is 3.79. The Morgan fingerprint density at radius 2 is 1.70 bits per heavy atom. The van der Waals surface area contributed by atoms with E-state index in [4.69, 9.17) is 14.3 Å². The molecule has 1 unspecified atom stereocenters. The van der Waals surface area contributed by atoms with E-state index in [1.54, 1.807) is 7.11 Å². The number of methoxy groups -OCH3 is 1. The summed E-state index contributed by atoms with van der Waals surface area (Å²) in [5, 5.41) is 1.90. The van der Waals surface area contributed by atoms with Gasteiger partial charge in [0, 0.05) is 13.1 Å². The highest BCUT2D eigenvalue weighted by Gasteiger charge is 2.30. The van der Waals surface area contributed by atoms with Gasteiger partial charge in [0.15, 0.2) is 6.10 Å². The van der Waals surface area contributed by atoms with Crippen molar-refractivity contribution in [2.24, 2.45) is 5.92 Å². The van der Waals surface area contributed by atoms with Crippen molar-refractivity contribution in [1.82, 2.24) is 5.06 Å². The number of carbonyl (C=O) groups is 2. The van der Waals surface area contributed by atoms with E-state index < -0.39 is 18.0 Å².